The molecule has 1 atom stereocenters. The summed E-state index contributed by atoms with van der Waals surface area (Å²) in [7, 11) is 0. The Hall–Kier alpha value is -0.610. The van der Waals surface area contributed by atoms with E-state index in [2.05, 4.69) is 24.1 Å². The SMILES string of the molecule is CC(C)CNC1CCCN(CCC(=O)O)C1. The molecule has 2 N–H and O–H groups in total. The molecule has 1 unspecified atom stereocenters. The van der Waals surface area contributed by atoms with Gasteiger partial charge in [0.05, 0.1) is 6.42 Å². The van der Waals surface area contributed by atoms with Crippen LogP contribution < -0.4 is 5.32 Å². The van der Waals surface area contributed by atoms with Crippen LogP contribution in [-0.2, 0) is 4.79 Å². The number of aliphatic carboxylic acids is 1. The Labute approximate surface area is 98.0 Å². The molecule has 4 nitrogen and oxygen atoms in total. The molecule has 1 rings (SSSR count). The van der Waals surface area contributed by atoms with Crippen molar-refractivity contribution in [2.45, 2.75) is 39.2 Å². The van der Waals surface area contributed by atoms with Crippen molar-refractivity contribution >= 4 is 5.97 Å². The van der Waals surface area contributed by atoms with Crippen LogP contribution >= 0.6 is 0 Å². The molecule has 0 saturated carbocycles. The van der Waals surface area contributed by atoms with Crippen molar-refractivity contribution in [3.05, 3.63) is 0 Å². The van der Waals surface area contributed by atoms with E-state index in [0.29, 0.717) is 18.5 Å². The number of carboxylic acid groups (broad SMARTS) is 1. The molecule has 16 heavy (non-hydrogen) atoms. The van der Waals surface area contributed by atoms with Crippen LogP contribution in [0.2, 0.25) is 0 Å². The Morgan fingerprint density at radius 1 is 1.56 bits per heavy atom. The van der Waals surface area contributed by atoms with Crippen LogP contribution in [0.3, 0.4) is 0 Å². The zero-order chi connectivity index (χ0) is 12.0. The lowest BCUT2D eigenvalue weighted by molar-refractivity contribution is -0.137. The summed E-state index contributed by atoms with van der Waals surface area (Å²) in [6, 6.07) is 0.546. The third-order valence-corrected chi connectivity index (χ3v) is 2.96. The third-order valence-electron chi connectivity index (χ3n) is 2.96. The maximum Gasteiger partial charge on any atom is 0.304 e. The Morgan fingerprint density at radius 3 is 2.94 bits per heavy atom. The van der Waals surface area contributed by atoms with Gasteiger partial charge in [0, 0.05) is 19.1 Å². The Bertz CT molecular complexity index is 219. The van der Waals surface area contributed by atoms with E-state index in [4.69, 9.17) is 5.11 Å². The van der Waals surface area contributed by atoms with Crippen LogP contribution in [0, 0.1) is 5.92 Å². The van der Waals surface area contributed by atoms with Crippen LogP contribution in [0.1, 0.15) is 33.1 Å². The number of nitrogens with one attached hydrogen (secondary N) is 1. The highest BCUT2D eigenvalue weighted by Gasteiger charge is 2.19. The van der Waals surface area contributed by atoms with Crippen molar-refractivity contribution in [3.8, 4) is 0 Å². The maximum atomic E-state index is 10.5. The highest BCUT2D eigenvalue weighted by molar-refractivity contribution is 5.66. The summed E-state index contributed by atoms with van der Waals surface area (Å²) in [5.41, 5.74) is 0. The summed E-state index contributed by atoms with van der Waals surface area (Å²) in [6.07, 6.45) is 2.66. The van der Waals surface area contributed by atoms with Crippen LogP contribution in [0.25, 0.3) is 0 Å². The summed E-state index contributed by atoms with van der Waals surface area (Å²) >= 11 is 0. The molecule has 0 radical (unpaired) electrons. The van der Waals surface area contributed by atoms with Crippen LogP contribution in [0.5, 0.6) is 0 Å². The van der Waals surface area contributed by atoms with Crippen molar-refractivity contribution in [1.29, 1.82) is 0 Å². The summed E-state index contributed by atoms with van der Waals surface area (Å²) in [4.78, 5) is 12.8. The molecule has 0 spiro atoms. The summed E-state index contributed by atoms with van der Waals surface area (Å²) in [6.45, 7) is 8.20. The normalized spacial score (nSPS) is 22.6. The Balaban J connectivity index is 2.21. The van der Waals surface area contributed by atoms with Gasteiger partial charge < -0.3 is 15.3 Å². The summed E-state index contributed by atoms with van der Waals surface area (Å²) in [5.74, 6) is -0.0216. The lowest BCUT2D eigenvalue weighted by Gasteiger charge is -2.33. The Morgan fingerprint density at radius 2 is 2.31 bits per heavy atom. The monoisotopic (exact) mass is 228 g/mol. The van der Waals surface area contributed by atoms with Crippen LogP contribution in [0.15, 0.2) is 0 Å². The maximum absolute atomic E-state index is 10.5. The molecule has 1 aliphatic heterocycles. The van der Waals surface area contributed by atoms with E-state index in [1.807, 2.05) is 0 Å². The molecule has 1 heterocycles. The van der Waals surface area contributed by atoms with E-state index in [9.17, 15) is 4.79 Å². The fraction of sp³-hybridized carbons (Fsp3) is 0.917. The van der Waals surface area contributed by atoms with Gasteiger partial charge in [0.25, 0.3) is 0 Å². The van der Waals surface area contributed by atoms with Crippen molar-refractivity contribution in [2.24, 2.45) is 5.92 Å². The van der Waals surface area contributed by atoms with Gasteiger partial charge in [0.2, 0.25) is 0 Å². The number of hydrogen-bond acceptors (Lipinski definition) is 3. The molecule has 0 amide bonds. The quantitative estimate of drug-likeness (QED) is 0.716. The molecule has 0 aromatic carbocycles. The lowest BCUT2D eigenvalue weighted by Crippen LogP contribution is -2.47. The average Bonchev–Trinajstić information content (AvgIpc) is 2.24. The minimum Gasteiger partial charge on any atom is -0.481 e. The predicted molar refractivity (Wildman–Crippen MR) is 64.6 cm³/mol. The fourth-order valence-corrected chi connectivity index (χ4v) is 2.08. The number of carboxylic acids is 1. The van der Waals surface area contributed by atoms with Gasteiger partial charge in [0.1, 0.15) is 0 Å². The summed E-state index contributed by atoms with van der Waals surface area (Å²) < 4.78 is 0. The van der Waals surface area contributed by atoms with Crippen molar-refractivity contribution in [1.82, 2.24) is 10.2 Å². The Kier molecular flexibility index (Phi) is 5.77. The van der Waals surface area contributed by atoms with E-state index >= 15 is 0 Å². The first-order valence-electron chi connectivity index (χ1n) is 6.25. The first-order valence-corrected chi connectivity index (χ1v) is 6.25. The minimum atomic E-state index is -0.697. The molecule has 0 bridgehead atoms. The second-order valence-electron chi connectivity index (χ2n) is 5.09. The minimum absolute atomic E-state index is 0.261. The number of rotatable bonds is 6. The van der Waals surface area contributed by atoms with E-state index in [1.54, 1.807) is 0 Å². The van der Waals surface area contributed by atoms with Crippen molar-refractivity contribution < 1.29 is 9.90 Å². The largest absolute Gasteiger partial charge is 0.481 e. The molecule has 0 aromatic heterocycles. The van der Waals surface area contributed by atoms with Crippen LogP contribution in [-0.4, -0.2) is 48.2 Å². The summed E-state index contributed by atoms with van der Waals surface area (Å²) in [5, 5.41) is 12.2. The molecule has 4 heteroatoms. The number of nitrogens with zero attached hydrogens (tertiary/aromatic N) is 1. The first kappa shape index (κ1) is 13.5. The van der Waals surface area contributed by atoms with Gasteiger partial charge in [-0.3, -0.25) is 4.79 Å². The van der Waals surface area contributed by atoms with E-state index in [-0.39, 0.29) is 6.42 Å². The number of likely N-dealkylation sites (tertiary alicyclic amines) is 1. The predicted octanol–water partition coefficient (Wildman–Crippen LogP) is 1.17. The average molecular weight is 228 g/mol. The number of carbonyl (C=O) groups is 1. The molecule has 1 aliphatic rings. The van der Waals surface area contributed by atoms with Gasteiger partial charge in [-0.25, -0.2) is 0 Å². The lowest BCUT2D eigenvalue weighted by atomic mass is 10.0. The van der Waals surface area contributed by atoms with Crippen LogP contribution in [0.4, 0.5) is 0 Å². The number of hydrogen-bond donors (Lipinski definition) is 2. The van der Waals surface area contributed by atoms with Gasteiger partial charge in [-0.05, 0) is 31.8 Å². The first-order chi connectivity index (χ1) is 7.58. The van der Waals surface area contributed by atoms with Gasteiger partial charge in [-0.1, -0.05) is 13.8 Å². The van der Waals surface area contributed by atoms with Gasteiger partial charge >= 0.3 is 5.97 Å². The third kappa shape index (κ3) is 5.47. The van der Waals surface area contributed by atoms with Gasteiger partial charge in [0.15, 0.2) is 0 Å². The highest BCUT2D eigenvalue weighted by Crippen LogP contribution is 2.10. The second kappa shape index (κ2) is 6.86. The molecule has 1 fully saturated rings. The topological polar surface area (TPSA) is 52.6 Å². The number of piperidine rings is 1. The fourth-order valence-electron chi connectivity index (χ4n) is 2.08. The van der Waals surface area contributed by atoms with Gasteiger partial charge in [-0.15, -0.1) is 0 Å². The van der Waals surface area contributed by atoms with Crippen molar-refractivity contribution in [3.63, 3.8) is 0 Å². The zero-order valence-corrected chi connectivity index (χ0v) is 10.4. The molecule has 0 aromatic rings. The molecule has 1 saturated heterocycles. The van der Waals surface area contributed by atoms with Crippen molar-refractivity contribution in [2.75, 3.05) is 26.2 Å². The highest BCUT2D eigenvalue weighted by atomic mass is 16.4. The van der Waals surface area contributed by atoms with E-state index < -0.39 is 5.97 Å². The second-order valence-corrected chi connectivity index (χ2v) is 5.09. The zero-order valence-electron chi connectivity index (χ0n) is 10.4. The molecule has 94 valence electrons. The van der Waals surface area contributed by atoms with E-state index in [0.717, 1.165) is 19.6 Å². The van der Waals surface area contributed by atoms with Gasteiger partial charge in [-0.2, -0.15) is 0 Å². The molecule has 0 aliphatic carbocycles. The smallest absolute Gasteiger partial charge is 0.304 e. The molecular weight excluding hydrogens is 204 g/mol. The van der Waals surface area contributed by atoms with E-state index in [1.165, 1.54) is 12.8 Å². The standard InChI is InChI=1S/C12H24N2O2/c1-10(2)8-13-11-4-3-6-14(9-11)7-5-12(15)16/h10-11,13H,3-9H2,1-2H3,(H,15,16). The molecular formula is C12H24N2O2.